The SMILES string of the molecule is CNS(=O)(=O)c1ccc(CNC(=O)[C@@H](N)C(C)C)s1. The number of rotatable bonds is 6. The number of nitrogens with one attached hydrogen (secondary N) is 2. The molecule has 0 unspecified atom stereocenters. The van der Waals surface area contributed by atoms with Gasteiger partial charge in [-0.1, -0.05) is 13.8 Å². The fourth-order valence-corrected chi connectivity index (χ4v) is 3.43. The molecule has 1 aromatic rings. The first kappa shape index (κ1) is 16.1. The Morgan fingerprint density at radius 1 is 1.42 bits per heavy atom. The van der Waals surface area contributed by atoms with Crippen LogP contribution < -0.4 is 15.8 Å². The molecule has 1 atom stereocenters. The van der Waals surface area contributed by atoms with Gasteiger partial charge in [0.1, 0.15) is 4.21 Å². The molecule has 0 saturated carbocycles. The maximum atomic E-state index is 11.7. The smallest absolute Gasteiger partial charge is 0.249 e. The van der Waals surface area contributed by atoms with Crippen LogP contribution in [-0.2, 0) is 21.4 Å². The monoisotopic (exact) mass is 305 g/mol. The molecule has 6 nitrogen and oxygen atoms in total. The molecule has 1 heterocycles. The molecule has 1 aromatic heterocycles. The summed E-state index contributed by atoms with van der Waals surface area (Å²) in [4.78, 5) is 12.4. The largest absolute Gasteiger partial charge is 0.350 e. The summed E-state index contributed by atoms with van der Waals surface area (Å²) in [6.45, 7) is 4.02. The van der Waals surface area contributed by atoms with Crippen LogP contribution in [0, 0.1) is 5.92 Å². The van der Waals surface area contributed by atoms with Gasteiger partial charge in [0.25, 0.3) is 0 Å². The fraction of sp³-hybridized carbons (Fsp3) is 0.545. The van der Waals surface area contributed by atoms with Gasteiger partial charge in [0.05, 0.1) is 12.6 Å². The van der Waals surface area contributed by atoms with E-state index in [4.69, 9.17) is 5.73 Å². The Morgan fingerprint density at radius 3 is 2.58 bits per heavy atom. The Bertz CT molecular complexity index is 537. The summed E-state index contributed by atoms with van der Waals surface area (Å²) in [7, 11) is -2.06. The second-order valence-corrected chi connectivity index (χ2v) is 7.70. The third-order valence-electron chi connectivity index (χ3n) is 2.63. The van der Waals surface area contributed by atoms with Crippen LogP contribution in [0.2, 0.25) is 0 Å². The zero-order valence-electron chi connectivity index (χ0n) is 11.1. The summed E-state index contributed by atoms with van der Waals surface area (Å²) in [5, 5.41) is 2.69. The van der Waals surface area contributed by atoms with Crippen molar-refractivity contribution in [2.45, 2.75) is 30.6 Å². The molecule has 0 fully saturated rings. The first-order chi connectivity index (χ1) is 8.77. The Balaban J connectivity index is 2.63. The average molecular weight is 305 g/mol. The molecule has 1 amide bonds. The minimum absolute atomic E-state index is 0.0589. The number of carbonyl (C=O) groups excluding carboxylic acids is 1. The van der Waals surface area contributed by atoms with Gasteiger partial charge in [-0.25, -0.2) is 13.1 Å². The van der Waals surface area contributed by atoms with Crippen LogP contribution in [0.1, 0.15) is 18.7 Å². The van der Waals surface area contributed by atoms with Crippen LogP contribution >= 0.6 is 11.3 Å². The molecule has 0 aliphatic rings. The van der Waals surface area contributed by atoms with E-state index in [1.54, 1.807) is 6.07 Å². The van der Waals surface area contributed by atoms with E-state index in [9.17, 15) is 13.2 Å². The number of carbonyl (C=O) groups is 1. The molecule has 0 radical (unpaired) electrons. The summed E-state index contributed by atoms with van der Waals surface area (Å²) in [6, 6.07) is 2.64. The van der Waals surface area contributed by atoms with E-state index in [0.29, 0.717) is 0 Å². The third-order valence-corrected chi connectivity index (χ3v) is 5.62. The second-order valence-electron chi connectivity index (χ2n) is 4.42. The number of sulfonamides is 1. The topological polar surface area (TPSA) is 101 Å². The predicted octanol–water partition coefficient (Wildman–Crippen LogP) is 0.256. The molecule has 0 bridgehead atoms. The number of thiophene rings is 1. The summed E-state index contributed by atoms with van der Waals surface area (Å²) < 4.78 is 25.6. The third kappa shape index (κ3) is 4.27. The van der Waals surface area contributed by atoms with E-state index in [2.05, 4.69) is 10.0 Å². The Labute approximate surface area is 117 Å². The van der Waals surface area contributed by atoms with Gasteiger partial charge in [0.15, 0.2) is 0 Å². The Kier molecular flexibility index (Phi) is 5.48. The average Bonchev–Trinajstić information content (AvgIpc) is 2.84. The van der Waals surface area contributed by atoms with Gasteiger partial charge < -0.3 is 11.1 Å². The van der Waals surface area contributed by atoms with Gasteiger partial charge in [0, 0.05) is 4.88 Å². The summed E-state index contributed by atoms with van der Waals surface area (Å²) in [6.07, 6.45) is 0. The van der Waals surface area contributed by atoms with Crippen molar-refractivity contribution < 1.29 is 13.2 Å². The van der Waals surface area contributed by atoms with E-state index in [-0.39, 0.29) is 22.6 Å². The lowest BCUT2D eigenvalue weighted by Gasteiger charge is -2.14. The van der Waals surface area contributed by atoms with Crippen molar-refractivity contribution in [1.82, 2.24) is 10.0 Å². The predicted molar refractivity (Wildman–Crippen MR) is 75.2 cm³/mol. The fourth-order valence-electron chi connectivity index (χ4n) is 1.29. The van der Waals surface area contributed by atoms with Crippen molar-refractivity contribution in [3.8, 4) is 0 Å². The molecule has 4 N–H and O–H groups in total. The van der Waals surface area contributed by atoms with E-state index < -0.39 is 16.1 Å². The van der Waals surface area contributed by atoms with Crippen molar-refractivity contribution in [3.63, 3.8) is 0 Å². The highest BCUT2D eigenvalue weighted by atomic mass is 32.2. The van der Waals surface area contributed by atoms with Gasteiger partial charge in [-0.2, -0.15) is 0 Å². The van der Waals surface area contributed by atoms with Gasteiger partial charge >= 0.3 is 0 Å². The highest BCUT2D eigenvalue weighted by Crippen LogP contribution is 2.21. The summed E-state index contributed by atoms with van der Waals surface area (Å²) in [5.74, 6) is -0.176. The van der Waals surface area contributed by atoms with Gasteiger partial charge in [-0.3, -0.25) is 4.79 Å². The lowest BCUT2D eigenvalue weighted by molar-refractivity contribution is -0.123. The van der Waals surface area contributed by atoms with E-state index in [0.717, 1.165) is 16.2 Å². The maximum Gasteiger partial charge on any atom is 0.249 e. The van der Waals surface area contributed by atoms with Crippen LogP contribution in [0.4, 0.5) is 0 Å². The van der Waals surface area contributed by atoms with E-state index in [1.807, 2.05) is 13.8 Å². The van der Waals surface area contributed by atoms with E-state index in [1.165, 1.54) is 13.1 Å². The van der Waals surface area contributed by atoms with Crippen LogP contribution in [0.15, 0.2) is 16.3 Å². The minimum Gasteiger partial charge on any atom is -0.350 e. The first-order valence-electron chi connectivity index (χ1n) is 5.83. The van der Waals surface area contributed by atoms with Gasteiger partial charge in [-0.15, -0.1) is 11.3 Å². The molecular formula is C11H19N3O3S2. The number of amides is 1. The summed E-state index contributed by atoms with van der Waals surface area (Å²) >= 11 is 1.12. The molecule has 108 valence electrons. The molecule has 1 rings (SSSR count). The van der Waals surface area contributed by atoms with Crippen LogP contribution in [0.25, 0.3) is 0 Å². The standard InChI is InChI=1S/C11H19N3O3S2/c1-7(2)10(12)11(15)14-6-8-4-5-9(18-8)19(16,17)13-3/h4-5,7,10,13H,6,12H2,1-3H3,(H,14,15)/t10-/m0/s1. The lowest BCUT2D eigenvalue weighted by Crippen LogP contribution is -2.43. The Hall–Kier alpha value is -0.960. The zero-order chi connectivity index (χ0) is 14.6. The minimum atomic E-state index is -3.41. The van der Waals surface area contributed by atoms with Crippen molar-refractivity contribution >= 4 is 27.3 Å². The highest BCUT2D eigenvalue weighted by Gasteiger charge is 2.18. The maximum absolute atomic E-state index is 11.7. The molecule has 8 heteroatoms. The first-order valence-corrected chi connectivity index (χ1v) is 8.13. The van der Waals surface area contributed by atoms with Crippen molar-refractivity contribution in [1.29, 1.82) is 0 Å². The summed E-state index contributed by atoms with van der Waals surface area (Å²) in [5.41, 5.74) is 5.71. The number of hydrogen-bond acceptors (Lipinski definition) is 5. The number of nitrogens with two attached hydrogens (primary N) is 1. The van der Waals surface area contributed by atoms with Crippen molar-refractivity contribution in [2.75, 3.05) is 7.05 Å². The molecular weight excluding hydrogens is 286 g/mol. The molecule has 0 spiro atoms. The van der Waals surface area contributed by atoms with Crippen molar-refractivity contribution in [2.24, 2.45) is 11.7 Å². The quantitative estimate of drug-likeness (QED) is 0.701. The molecule has 0 aliphatic heterocycles. The molecule has 19 heavy (non-hydrogen) atoms. The van der Waals surface area contributed by atoms with Crippen LogP contribution in [-0.4, -0.2) is 27.4 Å². The van der Waals surface area contributed by atoms with E-state index >= 15 is 0 Å². The lowest BCUT2D eigenvalue weighted by atomic mass is 10.1. The number of hydrogen-bond donors (Lipinski definition) is 3. The molecule has 0 aliphatic carbocycles. The van der Waals surface area contributed by atoms with Gasteiger partial charge in [-0.05, 0) is 25.1 Å². The second kappa shape index (κ2) is 6.47. The normalized spacial score (nSPS) is 13.5. The zero-order valence-corrected chi connectivity index (χ0v) is 12.8. The van der Waals surface area contributed by atoms with Crippen LogP contribution in [0.5, 0.6) is 0 Å². The highest BCUT2D eigenvalue weighted by molar-refractivity contribution is 7.91. The van der Waals surface area contributed by atoms with Crippen molar-refractivity contribution in [3.05, 3.63) is 17.0 Å². The van der Waals surface area contributed by atoms with Gasteiger partial charge in [0.2, 0.25) is 15.9 Å². The molecule has 0 saturated heterocycles. The van der Waals surface area contributed by atoms with Crippen LogP contribution in [0.3, 0.4) is 0 Å². The molecule has 0 aromatic carbocycles. The Morgan fingerprint density at radius 2 is 2.05 bits per heavy atom.